The monoisotopic (exact) mass is 381 g/mol. The number of nitrogens with one attached hydrogen (secondary N) is 2. The van der Waals surface area contributed by atoms with E-state index in [1.807, 2.05) is 32.3 Å². The first-order valence-corrected chi connectivity index (χ1v) is 9.46. The zero-order chi connectivity index (χ0) is 20.0. The zero-order valence-corrected chi connectivity index (χ0v) is 15.9. The van der Waals surface area contributed by atoms with Crippen LogP contribution in [0.2, 0.25) is 0 Å². The molecule has 3 aromatic rings. The normalized spacial score (nSPS) is 16.3. The van der Waals surface area contributed by atoms with E-state index in [9.17, 15) is 19.8 Å². The Balaban J connectivity index is 1.87. The standard InChI is InChI=1S/C21H23N3O4/c1-3-15-18(23-20(26)17(19(15)25)21(27)28)12-6-7-24-14(9-12)8-11-4-5-13(22-2)10-16(11)24/h6-9,13,22H,3-5,10H2,1-2H3,(H,27,28)(H2,23,25,26). The van der Waals surface area contributed by atoms with E-state index in [2.05, 4.69) is 20.8 Å². The van der Waals surface area contributed by atoms with Gasteiger partial charge in [-0.25, -0.2) is 4.79 Å². The van der Waals surface area contributed by atoms with Gasteiger partial charge in [-0.2, -0.15) is 0 Å². The summed E-state index contributed by atoms with van der Waals surface area (Å²) in [5.41, 5.74) is 3.86. The second-order valence-electron chi connectivity index (χ2n) is 7.24. The minimum absolute atomic E-state index is 0.394. The molecule has 0 radical (unpaired) electrons. The lowest BCUT2D eigenvalue weighted by Gasteiger charge is -2.22. The molecule has 1 aliphatic rings. The van der Waals surface area contributed by atoms with Gasteiger partial charge in [0.2, 0.25) is 0 Å². The molecule has 4 N–H and O–H groups in total. The van der Waals surface area contributed by atoms with Gasteiger partial charge in [-0.3, -0.25) is 4.79 Å². The third-order valence-corrected chi connectivity index (χ3v) is 5.72. The second kappa shape index (κ2) is 6.83. The average Bonchev–Trinajstić information content (AvgIpc) is 3.04. The van der Waals surface area contributed by atoms with Gasteiger partial charge < -0.3 is 24.9 Å². The number of pyridine rings is 2. The third-order valence-electron chi connectivity index (χ3n) is 5.72. The summed E-state index contributed by atoms with van der Waals surface area (Å²) in [7, 11) is 1.99. The van der Waals surface area contributed by atoms with E-state index in [1.54, 1.807) is 0 Å². The third kappa shape index (κ3) is 2.79. The number of carboxylic acids is 1. The number of nitrogens with zero attached hydrogens (tertiary/aromatic N) is 1. The van der Waals surface area contributed by atoms with Gasteiger partial charge in [-0.1, -0.05) is 6.92 Å². The van der Waals surface area contributed by atoms with Gasteiger partial charge in [0.1, 0.15) is 5.75 Å². The highest BCUT2D eigenvalue weighted by atomic mass is 16.4. The molecule has 1 atom stereocenters. The Bertz CT molecular complexity index is 1140. The van der Waals surface area contributed by atoms with Gasteiger partial charge in [0, 0.05) is 41.0 Å². The van der Waals surface area contributed by atoms with Gasteiger partial charge in [-0.05, 0) is 50.1 Å². The van der Waals surface area contributed by atoms with E-state index in [1.165, 1.54) is 11.3 Å². The van der Waals surface area contributed by atoms with Crippen molar-refractivity contribution in [2.24, 2.45) is 0 Å². The summed E-state index contributed by atoms with van der Waals surface area (Å²) in [6, 6.07) is 6.49. The molecule has 1 unspecified atom stereocenters. The second-order valence-corrected chi connectivity index (χ2v) is 7.24. The van der Waals surface area contributed by atoms with Crippen molar-refractivity contribution in [3.8, 4) is 17.0 Å². The molecule has 3 aromatic heterocycles. The van der Waals surface area contributed by atoms with Crippen LogP contribution in [-0.4, -0.2) is 38.7 Å². The Morgan fingerprint density at radius 1 is 1.39 bits per heavy atom. The topological polar surface area (TPSA) is 107 Å². The predicted octanol–water partition coefficient (Wildman–Crippen LogP) is 2.34. The maximum absolute atomic E-state index is 12.2. The number of aromatic hydroxyl groups is 1. The van der Waals surface area contributed by atoms with Crippen LogP contribution in [0, 0.1) is 0 Å². The summed E-state index contributed by atoms with van der Waals surface area (Å²) in [6.45, 7) is 1.81. The predicted molar refractivity (Wildman–Crippen MR) is 106 cm³/mol. The maximum Gasteiger partial charge on any atom is 0.345 e. The summed E-state index contributed by atoms with van der Waals surface area (Å²) in [5.74, 6) is -1.89. The van der Waals surface area contributed by atoms with E-state index in [4.69, 9.17) is 0 Å². The number of rotatable bonds is 4. The molecule has 3 heterocycles. The van der Waals surface area contributed by atoms with Crippen molar-refractivity contribution >= 4 is 11.5 Å². The molecule has 0 saturated heterocycles. The van der Waals surface area contributed by atoms with Crippen molar-refractivity contribution in [1.82, 2.24) is 14.7 Å². The molecule has 0 spiro atoms. The molecule has 0 aromatic carbocycles. The summed E-state index contributed by atoms with van der Waals surface area (Å²) in [5, 5.41) is 22.9. The zero-order valence-electron chi connectivity index (χ0n) is 15.9. The molecule has 146 valence electrons. The fraction of sp³-hybridized carbons (Fsp3) is 0.333. The number of aryl methyl sites for hydroxylation is 1. The van der Waals surface area contributed by atoms with Crippen molar-refractivity contribution < 1.29 is 15.0 Å². The quantitative estimate of drug-likeness (QED) is 0.555. The minimum Gasteiger partial charge on any atom is -0.506 e. The molecule has 1 aliphatic carbocycles. The highest BCUT2D eigenvalue weighted by molar-refractivity contribution is 5.92. The van der Waals surface area contributed by atoms with Gasteiger partial charge >= 0.3 is 5.97 Å². The van der Waals surface area contributed by atoms with Crippen LogP contribution in [0.15, 0.2) is 29.2 Å². The smallest absolute Gasteiger partial charge is 0.345 e. The average molecular weight is 381 g/mol. The fourth-order valence-electron chi connectivity index (χ4n) is 4.22. The molecular formula is C21H23N3O4. The van der Waals surface area contributed by atoms with Gasteiger partial charge in [0.15, 0.2) is 5.56 Å². The molecule has 7 nitrogen and oxygen atoms in total. The number of hydrogen-bond acceptors (Lipinski definition) is 4. The summed E-state index contributed by atoms with van der Waals surface area (Å²) in [6.07, 6.45) is 5.45. The van der Waals surface area contributed by atoms with Crippen molar-refractivity contribution in [2.75, 3.05) is 7.05 Å². The largest absolute Gasteiger partial charge is 0.506 e. The van der Waals surface area contributed by atoms with Crippen molar-refractivity contribution in [3.63, 3.8) is 0 Å². The first-order chi connectivity index (χ1) is 13.4. The van der Waals surface area contributed by atoms with E-state index in [0.717, 1.165) is 30.3 Å². The minimum atomic E-state index is -1.44. The van der Waals surface area contributed by atoms with Gasteiger partial charge in [0.25, 0.3) is 5.56 Å². The summed E-state index contributed by atoms with van der Waals surface area (Å²) >= 11 is 0. The Labute approximate surface area is 161 Å². The van der Waals surface area contributed by atoms with Gasteiger partial charge in [0.05, 0.1) is 5.69 Å². The Morgan fingerprint density at radius 2 is 2.18 bits per heavy atom. The number of aromatic nitrogens is 2. The maximum atomic E-state index is 12.2. The van der Waals surface area contributed by atoms with E-state index >= 15 is 0 Å². The van der Waals surface area contributed by atoms with Crippen LogP contribution in [0.4, 0.5) is 0 Å². The number of aromatic carboxylic acids is 1. The molecular weight excluding hydrogens is 358 g/mol. The number of carboxylic acid groups (broad SMARTS) is 1. The number of likely N-dealkylation sites (N-methyl/N-ethyl adjacent to an activating group) is 1. The lowest BCUT2D eigenvalue weighted by molar-refractivity contribution is 0.0691. The Kier molecular flexibility index (Phi) is 4.47. The van der Waals surface area contributed by atoms with Crippen molar-refractivity contribution in [2.45, 2.75) is 38.6 Å². The number of carbonyl (C=O) groups is 1. The number of hydrogen-bond donors (Lipinski definition) is 4. The van der Waals surface area contributed by atoms with Gasteiger partial charge in [-0.15, -0.1) is 0 Å². The van der Waals surface area contributed by atoms with Crippen LogP contribution in [0.1, 0.15) is 40.5 Å². The molecule has 7 heteroatoms. The lowest BCUT2D eigenvalue weighted by atomic mass is 9.94. The number of aromatic amines is 1. The highest BCUT2D eigenvalue weighted by Crippen LogP contribution is 2.32. The summed E-state index contributed by atoms with van der Waals surface area (Å²) < 4.78 is 2.16. The van der Waals surface area contributed by atoms with E-state index < -0.39 is 22.8 Å². The fourth-order valence-corrected chi connectivity index (χ4v) is 4.22. The van der Waals surface area contributed by atoms with Crippen LogP contribution in [0.5, 0.6) is 5.75 Å². The molecule has 0 fully saturated rings. The Morgan fingerprint density at radius 3 is 2.86 bits per heavy atom. The molecule has 0 aliphatic heterocycles. The summed E-state index contributed by atoms with van der Waals surface area (Å²) in [4.78, 5) is 26.2. The highest BCUT2D eigenvalue weighted by Gasteiger charge is 2.23. The van der Waals surface area contributed by atoms with Crippen LogP contribution in [0.25, 0.3) is 16.8 Å². The molecule has 28 heavy (non-hydrogen) atoms. The first kappa shape index (κ1) is 18.3. The van der Waals surface area contributed by atoms with E-state index in [0.29, 0.717) is 23.7 Å². The molecule has 0 amide bonds. The molecule has 4 rings (SSSR count). The van der Waals surface area contributed by atoms with Crippen LogP contribution >= 0.6 is 0 Å². The van der Waals surface area contributed by atoms with Crippen LogP contribution < -0.4 is 10.9 Å². The lowest BCUT2D eigenvalue weighted by Crippen LogP contribution is -2.31. The number of fused-ring (bicyclic) bond motifs is 3. The SMILES string of the molecule is CCc1c(-c2ccn3c4c(cc3c2)CCC(NC)C4)[nH]c(=O)c(C(=O)O)c1O. The molecule has 0 saturated carbocycles. The van der Waals surface area contributed by atoms with Crippen LogP contribution in [-0.2, 0) is 19.3 Å². The van der Waals surface area contributed by atoms with Crippen LogP contribution in [0.3, 0.4) is 0 Å². The first-order valence-electron chi connectivity index (χ1n) is 9.46. The van der Waals surface area contributed by atoms with E-state index in [-0.39, 0.29) is 0 Å². The molecule has 0 bridgehead atoms. The van der Waals surface area contributed by atoms with Crippen molar-refractivity contribution in [3.05, 3.63) is 57.1 Å². The Hall–Kier alpha value is -3.06. The number of H-pyrrole nitrogens is 1. The van der Waals surface area contributed by atoms with Crippen molar-refractivity contribution in [1.29, 1.82) is 0 Å².